The molecule has 4 nitrogen and oxygen atoms in total. The van der Waals surface area contributed by atoms with Crippen LogP contribution in [0.1, 0.15) is 65.1 Å². The Morgan fingerprint density at radius 2 is 1.54 bits per heavy atom. The average Bonchev–Trinajstić information content (AvgIpc) is 3.86. The quantitative estimate of drug-likeness (QED) is 0.180. The maximum atomic E-state index is 6.90. The molecule has 13 rings (SSSR count). The van der Waals surface area contributed by atoms with Crippen LogP contribution in [0.5, 0.6) is 0 Å². The summed E-state index contributed by atoms with van der Waals surface area (Å²) in [5.41, 5.74) is 13.8. The number of benzene rings is 7. The molecule has 3 aliphatic heterocycles. The number of rotatable bonds is 4. The molecule has 1 N–H and O–H groups in total. The van der Waals surface area contributed by atoms with Gasteiger partial charge in [-0.3, -0.25) is 0 Å². The number of fused-ring (bicyclic) bond motifs is 14. The van der Waals surface area contributed by atoms with Crippen molar-refractivity contribution in [2.24, 2.45) is 4.99 Å². The normalized spacial score (nSPS) is 22.9. The molecule has 0 saturated heterocycles. The van der Waals surface area contributed by atoms with Gasteiger partial charge in [-0.15, -0.1) is 0 Å². The van der Waals surface area contributed by atoms with Crippen molar-refractivity contribution in [3.63, 3.8) is 0 Å². The predicted octanol–water partition coefficient (Wildman–Crippen LogP) is 14.3. The Morgan fingerprint density at radius 3 is 2.43 bits per heavy atom. The number of hydrogen-bond acceptors (Lipinski definition) is 4. The molecule has 0 fully saturated rings. The fourth-order valence-corrected chi connectivity index (χ4v) is 11.6. The lowest BCUT2D eigenvalue weighted by Gasteiger charge is -2.38. The van der Waals surface area contributed by atoms with Crippen LogP contribution in [0.2, 0.25) is 0 Å². The molecule has 5 aliphatic rings. The fraction of sp³-hybridized carbons (Fsp3) is 0.136. The van der Waals surface area contributed by atoms with Gasteiger partial charge in [0.2, 0.25) is 0 Å². The number of allylic oxidation sites excluding steroid dienone is 5. The molecule has 302 valence electrons. The highest BCUT2D eigenvalue weighted by molar-refractivity contribution is 6.16. The van der Waals surface area contributed by atoms with Crippen LogP contribution in [-0.2, 0) is 17.4 Å². The first kappa shape index (κ1) is 36.2. The molecule has 4 unspecified atom stereocenters. The summed E-state index contributed by atoms with van der Waals surface area (Å²) in [5, 5.41) is 10.5. The molecular weight excluding hydrogens is 767 g/mol. The molecule has 7 aromatic carbocycles. The molecule has 63 heavy (non-hydrogen) atoms. The van der Waals surface area contributed by atoms with E-state index in [1.807, 2.05) is 0 Å². The SMILES string of the molecule is C=C1C(c2ccc3c(c2)NC(C)(c2ccc4c(c2)c2c(c5ccccc54)CCC=C2)c2c-3oc3ccccc23)=NC(N2c3ccccc3C3(C)C=CC=CC23)=CC1c1ccccc1. The number of nitrogens with one attached hydrogen (secondary N) is 1. The van der Waals surface area contributed by atoms with Crippen LogP contribution in [0, 0.1) is 0 Å². The first-order valence-electron chi connectivity index (χ1n) is 22.3. The highest BCUT2D eigenvalue weighted by atomic mass is 16.3. The van der Waals surface area contributed by atoms with Gasteiger partial charge < -0.3 is 14.6 Å². The van der Waals surface area contributed by atoms with Crippen LogP contribution < -0.4 is 10.2 Å². The number of furan rings is 1. The van der Waals surface area contributed by atoms with E-state index >= 15 is 0 Å². The third-order valence-electron chi connectivity index (χ3n) is 14.7. The monoisotopic (exact) mass is 811 g/mol. The molecule has 1 aromatic heterocycles. The van der Waals surface area contributed by atoms with Crippen LogP contribution in [0.15, 0.2) is 203 Å². The van der Waals surface area contributed by atoms with Gasteiger partial charge in [0.25, 0.3) is 0 Å². The second kappa shape index (κ2) is 13.3. The summed E-state index contributed by atoms with van der Waals surface area (Å²) in [7, 11) is 0. The van der Waals surface area contributed by atoms with Crippen LogP contribution in [-0.4, -0.2) is 11.8 Å². The van der Waals surface area contributed by atoms with E-state index < -0.39 is 5.54 Å². The summed E-state index contributed by atoms with van der Waals surface area (Å²) in [6.45, 7) is 9.48. The van der Waals surface area contributed by atoms with E-state index in [1.165, 1.54) is 55.0 Å². The van der Waals surface area contributed by atoms with Crippen LogP contribution in [0.4, 0.5) is 11.4 Å². The van der Waals surface area contributed by atoms with E-state index in [0.717, 1.165) is 69.1 Å². The second-order valence-electron chi connectivity index (χ2n) is 18.2. The highest BCUT2D eigenvalue weighted by Crippen LogP contribution is 2.54. The Morgan fingerprint density at radius 1 is 0.762 bits per heavy atom. The van der Waals surface area contributed by atoms with Crippen LogP contribution in [0.25, 0.3) is 49.9 Å². The Kier molecular flexibility index (Phi) is 7.64. The van der Waals surface area contributed by atoms with Crippen molar-refractivity contribution in [2.45, 2.75) is 49.6 Å². The van der Waals surface area contributed by atoms with Gasteiger partial charge in [-0.2, -0.15) is 0 Å². The molecule has 0 bridgehead atoms. The third kappa shape index (κ3) is 5.12. The number of hydrogen-bond donors (Lipinski definition) is 1. The molecule has 4 heterocycles. The summed E-state index contributed by atoms with van der Waals surface area (Å²) in [4.78, 5) is 8.07. The van der Waals surface area contributed by atoms with E-state index in [1.54, 1.807) is 0 Å². The van der Waals surface area contributed by atoms with Gasteiger partial charge in [-0.1, -0.05) is 152 Å². The van der Waals surface area contributed by atoms with E-state index in [-0.39, 0.29) is 17.4 Å². The van der Waals surface area contributed by atoms with Gasteiger partial charge in [-0.25, -0.2) is 4.99 Å². The largest absolute Gasteiger partial charge is 0.456 e. The summed E-state index contributed by atoms with van der Waals surface area (Å²) < 4.78 is 6.90. The van der Waals surface area contributed by atoms with Gasteiger partial charge in [-0.05, 0) is 118 Å². The number of aryl methyl sites for hydroxylation is 1. The lowest BCUT2D eigenvalue weighted by atomic mass is 9.76. The smallest absolute Gasteiger partial charge is 0.143 e. The molecule has 0 radical (unpaired) electrons. The van der Waals surface area contributed by atoms with Crippen LogP contribution >= 0.6 is 0 Å². The van der Waals surface area contributed by atoms with Crippen molar-refractivity contribution in [3.05, 3.63) is 233 Å². The summed E-state index contributed by atoms with van der Waals surface area (Å²) >= 11 is 0. The topological polar surface area (TPSA) is 40.8 Å². The third-order valence-corrected chi connectivity index (χ3v) is 14.7. The zero-order valence-electron chi connectivity index (χ0n) is 35.4. The lowest BCUT2D eigenvalue weighted by molar-refractivity contribution is 0.540. The summed E-state index contributed by atoms with van der Waals surface area (Å²) in [6, 6.07) is 50.8. The molecule has 0 saturated carbocycles. The zero-order valence-corrected chi connectivity index (χ0v) is 35.4. The minimum Gasteiger partial charge on any atom is -0.456 e. The Hall–Kier alpha value is -7.43. The number of nitrogens with zero attached hydrogens (tertiary/aromatic N) is 2. The average molecular weight is 812 g/mol. The van der Waals surface area contributed by atoms with Gasteiger partial charge in [0, 0.05) is 44.8 Å². The van der Waals surface area contributed by atoms with Crippen molar-refractivity contribution in [1.82, 2.24) is 0 Å². The van der Waals surface area contributed by atoms with E-state index in [0.29, 0.717) is 0 Å². The molecular formula is C59H45N3O. The maximum Gasteiger partial charge on any atom is 0.143 e. The molecule has 0 amide bonds. The van der Waals surface area contributed by atoms with Crippen molar-refractivity contribution >= 4 is 55.7 Å². The Labute approximate surface area is 367 Å². The van der Waals surface area contributed by atoms with E-state index in [4.69, 9.17) is 16.0 Å². The van der Waals surface area contributed by atoms with Gasteiger partial charge in [0.15, 0.2) is 0 Å². The summed E-state index contributed by atoms with van der Waals surface area (Å²) in [5.74, 6) is 1.76. The molecule has 8 aromatic rings. The molecule has 4 atom stereocenters. The lowest BCUT2D eigenvalue weighted by Crippen LogP contribution is -2.41. The van der Waals surface area contributed by atoms with Gasteiger partial charge in [0.05, 0.1) is 17.3 Å². The van der Waals surface area contributed by atoms with Crippen molar-refractivity contribution in [2.75, 3.05) is 10.2 Å². The van der Waals surface area contributed by atoms with Crippen molar-refractivity contribution in [3.8, 4) is 11.3 Å². The fourth-order valence-electron chi connectivity index (χ4n) is 11.6. The Bertz CT molecular complexity index is 3450. The Balaban J connectivity index is 0.990. The number of aliphatic imine (C=N–C) groups is 1. The highest BCUT2D eigenvalue weighted by Gasteiger charge is 2.48. The first-order valence-corrected chi connectivity index (χ1v) is 22.3. The first-order chi connectivity index (χ1) is 30.9. The predicted molar refractivity (Wildman–Crippen MR) is 262 cm³/mol. The minimum atomic E-state index is -0.633. The van der Waals surface area contributed by atoms with Crippen LogP contribution in [0.3, 0.4) is 0 Å². The standard InChI is InChI=1S/C59H45N3O/c1-36-47(37-17-5-4-6-18-37)35-54(62-51-25-13-12-24-49(51)58(2)32-16-15-27-53(58)62)60-56(36)38-28-30-45-50(33-38)61-59(3,55-46-23-11-14-26-52(46)63-57(45)55)39-29-31-44-42-21-8-7-19-40(42)41-20-9-10-22-43(41)48(44)34-39/h4-8,10-19,21-35,47,53,61H,1,9,20H2,2-3H3. The number of anilines is 2. The summed E-state index contributed by atoms with van der Waals surface area (Å²) in [6.07, 6.45) is 18.1. The van der Waals surface area contributed by atoms with E-state index in [9.17, 15) is 0 Å². The maximum absolute atomic E-state index is 6.90. The molecule has 2 aliphatic carbocycles. The second-order valence-corrected chi connectivity index (χ2v) is 18.2. The van der Waals surface area contributed by atoms with Gasteiger partial charge >= 0.3 is 0 Å². The van der Waals surface area contributed by atoms with Gasteiger partial charge in [0.1, 0.15) is 17.2 Å². The van der Waals surface area contributed by atoms with Crippen molar-refractivity contribution in [1.29, 1.82) is 0 Å². The number of para-hydroxylation sites is 2. The minimum absolute atomic E-state index is 0.0688. The van der Waals surface area contributed by atoms with E-state index in [2.05, 4.69) is 206 Å². The molecule has 4 heteroatoms. The zero-order chi connectivity index (χ0) is 42.0. The molecule has 0 spiro atoms. The van der Waals surface area contributed by atoms with Crippen molar-refractivity contribution < 1.29 is 4.42 Å².